The number of carbonyl (C=O) groups excluding carboxylic acids is 3. The number of carbonyl (C=O) groups is 3. The number of hydrogen-bond acceptors (Lipinski definition) is 5. The van der Waals surface area contributed by atoms with Crippen LogP contribution in [0.25, 0.3) is 0 Å². The summed E-state index contributed by atoms with van der Waals surface area (Å²) in [4.78, 5) is 41.1. The number of benzene rings is 2. The van der Waals surface area contributed by atoms with Crippen LogP contribution in [0, 0.1) is 5.92 Å². The van der Waals surface area contributed by atoms with E-state index in [9.17, 15) is 14.4 Å². The molecular formula is C23H23BrN2O5. The number of ether oxygens (including phenoxy) is 2. The van der Waals surface area contributed by atoms with E-state index in [0.29, 0.717) is 23.4 Å². The highest BCUT2D eigenvalue weighted by molar-refractivity contribution is 9.10. The first-order chi connectivity index (χ1) is 14.9. The van der Waals surface area contributed by atoms with Gasteiger partial charge in [-0.05, 0) is 36.2 Å². The van der Waals surface area contributed by atoms with Gasteiger partial charge in [0.1, 0.15) is 17.8 Å². The van der Waals surface area contributed by atoms with E-state index in [0.717, 1.165) is 4.47 Å². The van der Waals surface area contributed by atoms with Crippen LogP contribution in [0.2, 0.25) is 0 Å². The van der Waals surface area contributed by atoms with E-state index < -0.39 is 36.0 Å². The van der Waals surface area contributed by atoms with Crippen molar-refractivity contribution < 1.29 is 23.9 Å². The predicted molar refractivity (Wildman–Crippen MR) is 117 cm³/mol. The van der Waals surface area contributed by atoms with Crippen molar-refractivity contribution in [2.24, 2.45) is 5.92 Å². The summed E-state index contributed by atoms with van der Waals surface area (Å²) in [5.74, 6) is -1.06. The molecule has 0 radical (unpaired) electrons. The molecule has 0 saturated carbocycles. The molecule has 0 bridgehead atoms. The Kier molecular flexibility index (Phi) is 6.00. The highest BCUT2D eigenvalue weighted by atomic mass is 79.9. The SMILES string of the molecule is CC(C)C1Oc2ccc(Br)cc2C(C(=O)Nc2ccccc2)N(C2CCOC2=O)C1=O. The molecule has 4 rings (SSSR count). The Morgan fingerprint density at radius 2 is 1.90 bits per heavy atom. The van der Waals surface area contributed by atoms with E-state index in [1.165, 1.54) is 4.90 Å². The van der Waals surface area contributed by atoms with Crippen molar-refractivity contribution in [3.05, 3.63) is 58.6 Å². The third kappa shape index (κ3) is 4.17. The number of para-hydroxylation sites is 1. The van der Waals surface area contributed by atoms with E-state index in [1.807, 2.05) is 32.0 Å². The van der Waals surface area contributed by atoms with Gasteiger partial charge in [0.25, 0.3) is 11.8 Å². The maximum Gasteiger partial charge on any atom is 0.329 e. The van der Waals surface area contributed by atoms with Crippen LogP contribution in [-0.4, -0.2) is 41.4 Å². The number of fused-ring (bicyclic) bond motifs is 1. The first kappa shape index (κ1) is 21.4. The normalized spacial score (nSPS) is 23.1. The fourth-order valence-corrected chi connectivity index (χ4v) is 4.32. The van der Waals surface area contributed by atoms with E-state index >= 15 is 0 Å². The minimum atomic E-state index is -1.06. The molecule has 2 aliphatic heterocycles. The number of cyclic esters (lactones) is 1. The lowest BCUT2D eigenvalue weighted by Crippen LogP contribution is -2.53. The lowest BCUT2D eigenvalue weighted by Gasteiger charge is -2.34. The quantitative estimate of drug-likeness (QED) is 0.666. The van der Waals surface area contributed by atoms with Gasteiger partial charge in [0, 0.05) is 22.1 Å². The Hall–Kier alpha value is -2.87. The van der Waals surface area contributed by atoms with E-state index in [2.05, 4.69) is 21.2 Å². The zero-order chi connectivity index (χ0) is 22.1. The zero-order valence-electron chi connectivity index (χ0n) is 17.2. The number of amides is 2. The molecule has 7 nitrogen and oxygen atoms in total. The van der Waals surface area contributed by atoms with Crippen LogP contribution in [0.3, 0.4) is 0 Å². The molecule has 1 fully saturated rings. The standard InChI is InChI=1S/C23H23BrN2O5/c1-13(2)20-22(28)26(17-10-11-30-23(17)29)19(16-12-14(24)8-9-18(16)31-20)21(27)25-15-6-4-3-5-7-15/h3-9,12-13,17,19-20H,10-11H2,1-2H3,(H,25,27). The molecule has 3 atom stereocenters. The van der Waals surface area contributed by atoms with Crippen molar-refractivity contribution in [2.75, 3.05) is 11.9 Å². The van der Waals surface area contributed by atoms with Gasteiger partial charge >= 0.3 is 5.97 Å². The third-order valence-corrected chi connectivity index (χ3v) is 5.93. The summed E-state index contributed by atoms with van der Waals surface area (Å²) in [5, 5.41) is 2.88. The summed E-state index contributed by atoms with van der Waals surface area (Å²) in [7, 11) is 0. The number of nitrogens with one attached hydrogen (secondary N) is 1. The molecule has 2 aliphatic rings. The number of rotatable bonds is 4. The lowest BCUT2D eigenvalue weighted by molar-refractivity contribution is -0.155. The minimum absolute atomic E-state index is 0.167. The van der Waals surface area contributed by atoms with Crippen LogP contribution in [0.4, 0.5) is 5.69 Å². The highest BCUT2D eigenvalue weighted by Gasteiger charge is 2.48. The third-order valence-electron chi connectivity index (χ3n) is 5.44. The molecule has 1 saturated heterocycles. The molecule has 2 aromatic rings. The second-order valence-corrected chi connectivity index (χ2v) is 8.86. The summed E-state index contributed by atoms with van der Waals surface area (Å²) in [6.07, 6.45) is -0.503. The summed E-state index contributed by atoms with van der Waals surface area (Å²) in [6.45, 7) is 3.95. The molecule has 1 N–H and O–H groups in total. The van der Waals surface area contributed by atoms with Crippen LogP contribution >= 0.6 is 15.9 Å². The second kappa shape index (κ2) is 8.70. The molecule has 0 aromatic heterocycles. The topological polar surface area (TPSA) is 84.9 Å². The number of anilines is 1. The van der Waals surface area contributed by atoms with Crippen LogP contribution in [0.5, 0.6) is 5.75 Å². The van der Waals surface area contributed by atoms with E-state index in [-0.39, 0.29) is 12.5 Å². The van der Waals surface area contributed by atoms with Crippen molar-refractivity contribution in [1.29, 1.82) is 0 Å². The molecular weight excluding hydrogens is 464 g/mol. The Bertz CT molecular complexity index is 1010. The lowest BCUT2D eigenvalue weighted by atomic mass is 9.99. The second-order valence-electron chi connectivity index (χ2n) is 7.94. The van der Waals surface area contributed by atoms with Gasteiger partial charge in [-0.3, -0.25) is 9.59 Å². The summed E-state index contributed by atoms with van der Waals surface area (Å²) in [6, 6.07) is 12.4. The number of halogens is 1. The van der Waals surface area contributed by atoms with Gasteiger partial charge in [-0.25, -0.2) is 4.79 Å². The Morgan fingerprint density at radius 1 is 1.16 bits per heavy atom. The van der Waals surface area contributed by atoms with E-state index in [1.54, 1.807) is 30.3 Å². The molecule has 3 unspecified atom stereocenters. The monoisotopic (exact) mass is 486 g/mol. The first-order valence-corrected chi connectivity index (χ1v) is 11.0. The van der Waals surface area contributed by atoms with Crippen molar-refractivity contribution >= 4 is 39.4 Å². The number of hydrogen-bond donors (Lipinski definition) is 1. The van der Waals surface area contributed by atoms with Gasteiger partial charge in [-0.1, -0.05) is 48.0 Å². The summed E-state index contributed by atoms with van der Waals surface area (Å²) < 4.78 is 12.0. The van der Waals surface area contributed by atoms with Gasteiger partial charge in [0.2, 0.25) is 0 Å². The van der Waals surface area contributed by atoms with Crippen molar-refractivity contribution in [2.45, 2.75) is 38.5 Å². The summed E-state index contributed by atoms with van der Waals surface area (Å²) in [5.41, 5.74) is 1.11. The molecule has 0 aliphatic carbocycles. The average molecular weight is 487 g/mol. The Balaban J connectivity index is 1.85. The average Bonchev–Trinajstić information content (AvgIpc) is 3.10. The highest BCUT2D eigenvalue weighted by Crippen LogP contribution is 2.40. The van der Waals surface area contributed by atoms with Crippen molar-refractivity contribution in [1.82, 2.24) is 4.90 Å². The van der Waals surface area contributed by atoms with Crippen LogP contribution in [-0.2, 0) is 19.1 Å². The van der Waals surface area contributed by atoms with Crippen LogP contribution < -0.4 is 10.1 Å². The van der Waals surface area contributed by atoms with Gasteiger partial charge in [-0.15, -0.1) is 0 Å². The molecule has 8 heteroatoms. The number of nitrogens with zero attached hydrogens (tertiary/aromatic N) is 1. The first-order valence-electron chi connectivity index (χ1n) is 10.2. The molecule has 162 valence electrons. The van der Waals surface area contributed by atoms with Crippen molar-refractivity contribution in [3.8, 4) is 5.75 Å². The molecule has 2 heterocycles. The maximum atomic E-state index is 13.6. The Labute approximate surface area is 188 Å². The van der Waals surface area contributed by atoms with Crippen molar-refractivity contribution in [3.63, 3.8) is 0 Å². The summed E-state index contributed by atoms with van der Waals surface area (Å²) >= 11 is 3.45. The fraction of sp³-hybridized carbons (Fsp3) is 0.348. The predicted octanol–water partition coefficient (Wildman–Crippen LogP) is 3.69. The van der Waals surface area contributed by atoms with Gasteiger partial charge < -0.3 is 19.7 Å². The number of esters is 1. The Morgan fingerprint density at radius 3 is 2.55 bits per heavy atom. The van der Waals surface area contributed by atoms with E-state index in [4.69, 9.17) is 9.47 Å². The zero-order valence-corrected chi connectivity index (χ0v) is 18.8. The molecule has 31 heavy (non-hydrogen) atoms. The molecule has 2 amide bonds. The molecule has 2 aromatic carbocycles. The van der Waals surface area contributed by atoms with Crippen LogP contribution in [0.1, 0.15) is 31.9 Å². The fourth-order valence-electron chi connectivity index (χ4n) is 3.94. The largest absolute Gasteiger partial charge is 0.480 e. The van der Waals surface area contributed by atoms with Gasteiger partial charge in [-0.2, -0.15) is 0 Å². The van der Waals surface area contributed by atoms with Gasteiger partial charge in [0.05, 0.1) is 6.61 Å². The maximum absolute atomic E-state index is 13.6. The minimum Gasteiger partial charge on any atom is -0.480 e. The molecule has 0 spiro atoms. The van der Waals surface area contributed by atoms with Gasteiger partial charge in [0.15, 0.2) is 6.10 Å². The smallest absolute Gasteiger partial charge is 0.329 e. The van der Waals surface area contributed by atoms with Crippen LogP contribution in [0.15, 0.2) is 53.0 Å².